The number of ether oxygens (including phenoxy) is 3. The SMILES string of the molecule is CCCCc1ccc(Oc2ccc(C(=O)NC(CCN)C(=O)N(C)C3C(=O)NC(C)C(=O)NC(C(=O)NCC#N)Cc4ccc(OCCN)c(c4)-c4cc3ccc4OCCN)c(Cl)c2)cc1CCCC. The van der Waals surface area contributed by atoms with E-state index in [1.807, 2.05) is 12.1 Å². The molecule has 4 atom stereocenters. The molecule has 4 bridgehead atoms. The number of rotatable bonds is 22. The standard InChI is InChI=1S/C52H66ClN9O8/c1-5-7-9-34-12-14-37(29-35(34)10-8-6-2)70-38-15-16-39(42(53)31-38)49(64)60-43(19-20-54)52(67)62(4)47-36-13-18-46(69-26-23-57)41(30-36)40-27-33(11-17-45(40)68-25-22-56)28-44(50(65)58-24-21-55)61-48(63)32(3)59-51(47)66/h11-18,27,29-32,43-44,47H,5-10,19-20,22-26,28,54,56-57H2,1-4H3,(H,58,65)(H,59,66)(H,60,64)(H,61,63). The fourth-order valence-electron chi connectivity index (χ4n) is 8.12. The van der Waals surface area contributed by atoms with Gasteiger partial charge in [-0.3, -0.25) is 24.0 Å². The van der Waals surface area contributed by atoms with Crippen LogP contribution in [-0.4, -0.2) is 99.0 Å². The van der Waals surface area contributed by atoms with E-state index in [0.29, 0.717) is 45.3 Å². The van der Waals surface area contributed by atoms with Crippen LogP contribution in [0, 0.1) is 11.3 Å². The number of nitrogens with two attached hydrogens (primary N) is 3. The van der Waals surface area contributed by atoms with Crippen LogP contribution in [0.3, 0.4) is 0 Å². The Kier molecular flexibility index (Phi) is 20.8. The van der Waals surface area contributed by atoms with Gasteiger partial charge in [0.1, 0.15) is 66.9 Å². The Morgan fingerprint density at radius 1 is 0.829 bits per heavy atom. The lowest BCUT2D eigenvalue weighted by molar-refractivity contribution is -0.141. The summed E-state index contributed by atoms with van der Waals surface area (Å²) in [7, 11) is 1.41. The average Bonchev–Trinajstić information content (AvgIpc) is 3.35. The first-order chi connectivity index (χ1) is 33.8. The molecule has 17 nitrogen and oxygen atoms in total. The molecule has 1 heterocycles. The number of fused-ring (bicyclic) bond motifs is 5. The van der Waals surface area contributed by atoms with Crippen molar-refractivity contribution in [1.82, 2.24) is 26.2 Å². The lowest BCUT2D eigenvalue weighted by Gasteiger charge is -2.32. The molecule has 5 amide bonds. The molecule has 70 heavy (non-hydrogen) atoms. The maximum Gasteiger partial charge on any atom is 0.253 e. The van der Waals surface area contributed by atoms with Gasteiger partial charge in [0.15, 0.2) is 0 Å². The Balaban J connectivity index is 1.50. The third-order valence-electron chi connectivity index (χ3n) is 11.8. The molecule has 4 unspecified atom stereocenters. The highest BCUT2D eigenvalue weighted by atomic mass is 35.5. The molecule has 0 fully saturated rings. The summed E-state index contributed by atoms with van der Waals surface area (Å²) in [5.41, 5.74) is 22.2. The van der Waals surface area contributed by atoms with Gasteiger partial charge in [0.2, 0.25) is 23.6 Å². The monoisotopic (exact) mass is 979 g/mol. The Bertz CT molecular complexity index is 2520. The van der Waals surface area contributed by atoms with E-state index in [2.05, 4.69) is 47.2 Å². The molecule has 1 aliphatic heterocycles. The molecule has 0 aliphatic carbocycles. The molecule has 5 rings (SSSR count). The van der Waals surface area contributed by atoms with Gasteiger partial charge in [-0.15, -0.1) is 0 Å². The zero-order chi connectivity index (χ0) is 50.7. The van der Waals surface area contributed by atoms with E-state index < -0.39 is 53.7 Å². The number of amides is 5. The highest BCUT2D eigenvalue weighted by Crippen LogP contribution is 2.40. The molecule has 0 spiro atoms. The largest absolute Gasteiger partial charge is 0.492 e. The van der Waals surface area contributed by atoms with Crippen LogP contribution in [0.25, 0.3) is 11.1 Å². The van der Waals surface area contributed by atoms with Gasteiger partial charge in [-0.25, -0.2) is 0 Å². The molecule has 18 heteroatoms. The number of hydrogen-bond acceptors (Lipinski definition) is 12. The van der Waals surface area contributed by atoms with Crippen LogP contribution < -0.4 is 52.7 Å². The van der Waals surface area contributed by atoms with Gasteiger partial charge in [0, 0.05) is 43.8 Å². The summed E-state index contributed by atoms with van der Waals surface area (Å²) < 4.78 is 18.4. The number of unbranched alkanes of at least 4 members (excludes halogenated alkanes) is 2. The normalized spacial score (nSPS) is 16.1. The van der Waals surface area contributed by atoms with Crippen LogP contribution in [0.4, 0.5) is 0 Å². The number of halogens is 1. The number of aryl methyl sites for hydroxylation is 2. The number of nitrogens with zero attached hydrogens (tertiary/aromatic N) is 2. The first kappa shape index (κ1) is 54.2. The van der Waals surface area contributed by atoms with E-state index >= 15 is 0 Å². The van der Waals surface area contributed by atoms with E-state index in [4.69, 9.17) is 43.0 Å². The zero-order valence-electron chi connectivity index (χ0n) is 40.4. The Labute approximate surface area is 415 Å². The van der Waals surface area contributed by atoms with Gasteiger partial charge >= 0.3 is 0 Å². The maximum atomic E-state index is 14.7. The predicted octanol–water partition coefficient (Wildman–Crippen LogP) is 4.99. The molecule has 0 radical (unpaired) electrons. The van der Waals surface area contributed by atoms with Crippen molar-refractivity contribution in [2.45, 2.75) is 96.3 Å². The Hall–Kier alpha value is -6.71. The smallest absolute Gasteiger partial charge is 0.253 e. The highest BCUT2D eigenvalue weighted by Gasteiger charge is 2.36. The maximum absolute atomic E-state index is 14.7. The summed E-state index contributed by atoms with van der Waals surface area (Å²) in [4.78, 5) is 71.6. The Morgan fingerprint density at radius 3 is 2.11 bits per heavy atom. The average molecular weight is 981 g/mol. The van der Waals surface area contributed by atoms with E-state index in [1.165, 1.54) is 42.1 Å². The molecule has 0 aromatic heterocycles. The van der Waals surface area contributed by atoms with Crippen molar-refractivity contribution in [2.24, 2.45) is 17.2 Å². The van der Waals surface area contributed by atoms with Crippen LogP contribution in [0.15, 0.2) is 72.8 Å². The van der Waals surface area contributed by atoms with Crippen LogP contribution in [-0.2, 0) is 38.4 Å². The minimum absolute atomic E-state index is 0.00262. The molecule has 1 aliphatic rings. The number of likely N-dealkylation sites (N-methyl/N-ethyl adjacent to an activating group) is 1. The predicted molar refractivity (Wildman–Crippen MR) is 268 cm³/mol. The van der Waals surface area contributed by atoms with Crippen molar-refractivity contribution in [3.8, 4) is 40.2 Å². The number of carbonyl (C=O) groups excluding carboxylic acids is 5. The molecular weight excluding hydrogens is 914 g/mol. The second-order valence-corrected chi connectivity index (χ2v) is 17.5. The lowest BCUT2D eigenvalue weighted by atomic mass is 9.93. The summed E-state index contributed by atoms with van der Waals surface area (Å²) in [6, 6.07) is 17.7. The lowest BCUT2D eigenvalue weighted by Crippen LogP contribution is -2.56. The molecule has 374 valence electrons. The summed E-state index contributed by atoms with van der Waals surface area (Å²) in [6.07, 6.45) is 6.24. The zero-order valence-corrected chi connectivity index (χ0v) is 41.2. The fraction of sp³-hybridized carbons (Fsp3) is 0.423. The summed E-state index contributed by atoms with van der Waals surface area (Å²) in [6.45, 7) is 6.10. The molecular formula is C52H66ClN9O8. The molecule has 0 saturated heterocycles. The van der Waals surface area contributed by atoms with Gasteiger partial charge < -0.3 is 57.6 Å². The van der Waals surface area contributed by atoms with Gasteiger partial charge in [0.05, 0.1) is 16.7 Å². The van der Waals surface area contributed by atoms with Crippen molar-refractivity contribution < 1.29 is 38.2 Å². The van der Waals surface area contributed by atoms with Gasteiger partial charge in [0.25, 0.3) is 5.91 Å². The van der Waals surface area contributed by atoms with Crippen molar-refractivity contribution in [3.05, 3.63) is 106 Å². The second kappa shape index (κ2) is 26.9. The number of hydrogen-bond donors (Lipinski definition) is 7. The molecule has 10 N–H and O–H groups in total. The quantitative estimate of drug-likeness (QED) is 0.0514. The molecule has 4 aromatic carbocycles. The van der Waals surface area contributed by atoms with Crippen LogP contribution >= 0.6 is 11.6 Å². The summed E-state index contributed by atoms with van der Waals surface area (Å²) >= 11 is 6.73. The first-order valence-electron chi connectivity index (χ1n) is 23.8. The topological polar surface area (TPSA) is 266 Å². The summed E-state index contributed by atoms with van der Waals surface area (Å²) in [5, 5.41) is 20.0. The van der Waals surface area contributed by atoms with E-state index in [0.717, 1.165) is 38.5 Å². The van der Waals surface area contributed by atoms with Crippen LogP contribution in [0.5, 0.6) is 23.0 Å². The van der Waals surface area contributed by atoms with Gasteiger partial charge in [-0.2, -0.15) is 5.26 Å². The Morgan fingerprint density at radius 2 is 1.47 bits per heavy atom. The third-order valence-corrected chi connectivity index (χ3v) is 12.1. The van der Waals surface area contributed by atoms with Crippen molar-refractivity contribution >= 4 is 41.1 Å². The number of nitriles is 1. The van der Waals surface area contributed by atoms with Crippen LogP contribution in [0.1, 0.15) is 91.5 Å². The van der Waals surface area contributed by atoms with Crippen molar-refractivity contribution in [3.63, 3.8) is 0 Å². The molecule has 0 saturated carbocycles. The summed E-state index contributed by atoms with van der Waals surface area (Å²) in [5.74, 6) is -1.61. The van der Waals surface area contributed by atoms with Crippen LogP contribution in [0.2, 0.25) is 5.02 Å². The first-order valence-corrected chi connectivity index (χ1v) is 24.2. The van der Waals surface area contributed by atoms with Crippen molar-refractivity contribution in [1.29, 1.82) is 5.26 Å². The molecule has 4 aromatic rings. The third kappa shape index (κ3) is 14.4. The minimum Gasteiger partial charge on any atom is -0.492 e. The minimum atomic E-state index is -1.42. The van der Waals surface area contributed by atoms with Gasteiger partial charge in [-0.05, 0) is 116 Å². The van der Waals surface area contributed by atoms with E-state index in [9.17, 15) is 29.2 Å². The number of carbonyl (C=O) groups is 5. The van der Waals surface area contributed by atoms with E-state index in [-0.39, 0.29) is 62.8 Å². The van der Waals surface area contributed by atoms with Gasteiger partial charge in [-0.1, -0.05) is 56.5 Å². The number of nitrogens with one attached hydrogen (secondary N) is 4. The van der Waals surface area contributed by atoms with E-state index in [1.54, 1.807) is 42.5 Å². The highest BCUT2D eigenvalue weighted by molar-refractivity contribution is 6.34. The number of benzene rings is 4. The van der Waals surface area contributed by atoms with Crippen molar-refractivity contribution in [2.75, 3.05) is 46.4 Å². The fourth-order valence-corrected chi connectivity index (χ4v) is 8.38. The second-order valence-electron chi connectivity index (χ2n) is 17.1.